The van der Waals surface area contributed by atoms with E-state index in [1.54, 1.807) is 0 Å². The maximum absolute atomic E-state index is 5.00. The van der Waals surface area contributed by atoms with E-state index >= 15 is 0 Å². The van der Waals surface area contributed by atoms with E-state index in [4.69, 9.17) is 15.0 Å². The standard InChI is InChI=1S/C40H28N4/c1-27-32(30-24-25-37-35(26-30)34-20-11-12-23-36(34)44(37)31-18-9-4-10-19-31)21-13-22-33(27)40-42-38(28-14-5-2-6-15-28)41-39(43-40)29-16-7-3-8-17-29/h2-26H,1H3. The number of rotatable bonds is 5. The van der Waals surface area contributed by atoms with Crippen LogP contribution in [0.3, 0.4) is 0 Å². The molecule has 2 heterocycles. The van der Waals surface area contributed by atoms with Crippen molar-refractivity contribution >= 4 is 21.8 Å². The number of fused-ring (bicyclic) bond motifs is 3. The molecular formula is C40H28N4. The molecule has 2 aromatic heterocycles. The molecular weight excluding hydrogens is 536 g/mol. The fourth-order valence-electron chi connectivity index (χ4n) is 6.12. The van der Waals surface area contributed by atoms with E-state index in [1.165, 1.54) is 21.8 Å². The fraction of sp³-hybridized carbons (Fsp3) is 0.0250. The van der Waals surface area contributed by atoms with Gasteiger partial charge in [-0.15, -0.1) is 0 Å². The summed E-state index contributed by atoms with van der Waals surface area (Å²) in [6, 6.07) is 52.6. The Bertz CT molecular complexity index is 2210. The summed E-state index contributed by atoms with van der Waals surface area (Å²) < 4.78 is 2.35. The minimum absolute atomic E-state index is 0.661. The van der Waals surface area contributed by atoms with Crippen LogP contribution in [0.1, 0.15) is 5.56 Å². The first kappa shape index (κ1) is 25.8. The average Bonchev–Trinajstić information content (AvgIpc) is 3.43. The first-order valence-corrected chi connectivity index (χ1v) is 14.8. The largest absolute Gasteiger partial charge is 0.309 e. The van der Waals surface area contributed by atoms with Gasteiger partial charge < -0.3 is 4.57 Å². The van der Waals surface area contributed by atoms with Crippen molar-refractivity contribution in [2.45, 2.75) is 6.92 Å². The lowest BCUT2D eigenvalue weighted by Gasteiger charge is -2.13. The number of hydrogen-bond acceptors (Lipinski definition) is 3. The van der Waals surface area contributed by atoms with Crippen molar-refractivity contribution in [2.24, 2.45) is 0 Å². The highest BCUT2D eigenvalue weighted by molar-refractivity contribution is 6.10. The summed E-state index contributed by atoms with van der Waals surface area (Å²) in [5.74, 6) is 1.99. The molecule has 0 amide bonds. The van der Waals surface area contributed by atoms with Crippen LogP contribution in [0.4, 0.5) is 0 Å². The second-order valence-electron chi connectivity index (χ2n) is 10.9. The quantitative estimate of drug-likeness (QED) is 0.209. The summed E-state index contributed by atoms with van der Waals surface area (Å²) in [6.45, 7) is 2.16. The third-order valence-electron chi connectivity index (χ3n) is 8.27. The Kier molecular flexibility index (Phi) is 6.31. The van der Waals surface area contributed by atoms with Crippen molar-refractivity contribution in [1.82, 2.24) is 19.5 Å². The Hall–Kier alpha value is -5.87. The van der Waals surface area contributed by atoms with Crippen molar-refractivity contribution in [1.29, 1.82) is 0 Å². The number of nitrogens with zero attached hydrogens (tertiary/aromatic N) is 4. The Balaban J connectivity index is 1.30. The van der Waals surface area contributed by atoms with Crippen molar-refractivity contribution in [2.75, 3.05) is 0 Å². The summed E-state index contributed by atoms with van der Waals surface area (Å²) in [6.07, 6.45) is 0. The molecule has 8 aromatic rings. The van der Waals surface area contributed by atoms with Gasteiger partial charge in [-0.25, -0.2) is 15.0 Å². The van der Waals surface area contributed by atoms with Gasteiger partial charge in [0.05, 0.1) is 11.0 Å². The smallest absolute Gasteiger partial charge is 0.164 e. The number of para-hydroxylation sites is 2. The molecule has 0 aliphatic carbocycles. The number of benzene rings is 6. The Morgan fingerprint density at radius 2 is 0.955 bits per heavy atom. The van der Waals surface area contributed by atoms with E-state index in [9.17, 15) is 0 Å². The van der Waals surface area contributed by atoms with Gasteiger partial charge in [-0.3, -0.25) is 0 Å². The van der Waals surface area contributed by atoms with Gasteiger partial charge in [0.25, 0.3) is 0 Å². The molecule has 0 radical (unpaired) electrons. The zero-order valence-electron chi connectivity index (χ0n) is 24.2. The van der Waals surface area contributed by atoms with Crippen molar-refractivity contribution in [3.05, 3.63) is 157 Å². The van der Waals surface area contributed by atoms with Crippen LogP contribution in [-0.2, 0) is 0 Å². The minimum Gasteiger partial charge on any atom is -0.309 e. The van der Waals surface area contributed by atoms with Crippen molar-refractivity contribution in [3.63, 3.8) is 0 Å². The number of aromatic nitrogens is 4. The van der Waals surface area contributed by atoms with Crippen LogP contribution in [-0.4, -0.2) is 19.5 Å². The second-order valence-corrected chi connectivity index (χ2v) is 10.9. The van der Waals surface area contributed by atoms with Crippen LogP contribution < -0.4 is 0 Å². The lowest BCUT2D eigenvalue weighted by atomic mass is 9.95. The molecule has 0 unspecified atom stereocenters. The van der Waals surface area contributed by atoms with E-state index < -0.39 is 0 Å². The Labute approximate surface area is 256 Å². The lowest BCUT2D eigenvalue weighted by molar-refractivity contribution is 1.07. The monoisotopic (exact) mass is 564 g/mol. The van der Waals surface area contributed by atoms with Gasteiger partial charge in [-0.05, 0) is 53.9 Å². The molecule has 0 aliphatic rings. The molecule has 0 N–H and O–H groups in total. The zero-order chi connectivity index (χ0) is 29.5. The predicted octanol–water partition coefficient (Wildman–Crippen LogP) is 9.95. The molecule has 0 fully saturated rings. The molecule has 0 saturated carbocycles. The van der Waals surface area contributed by atoms with E-state index in [0.29, 0.717) is 17.5 Å². The molecule has 4 heteroatoms. The van der Waals surface area contributed by atoms with Gasteiger partial charge in [-0.2, -0.15) is 0 Å². The third-order valence-corrected chi connectivity index (χ3v) is 8.27. The van der Waals surface area contributed by atoms with Crippen LogP contribution in [0.2, 0.25) is 0 Å². The molecule has 0 aliphatic heterocycles. The summed E-state index contributed by atoms with van der Waals surface area (Å²) in [4.78, 5) is 14.9. The lowest BCUT2D eigenvalue weighted by Crippen LogP contribution is -2.01. The fourth-order valence-corrected chi connectivity index (χ4v) is 6.12. The van der Waals surface area contributed by atoms with Crippen molar-refractivity contribution in [3.8, 4) is 51.0 Å². The summed E-state index contributed by atoms with van der Waals surface area (Å²) in [5, 5.41) is 2.46. The second kappa shape index (κ2) is 10.8. The molecule has 0 atom stereocenters. The maximum atomic E-state index is 5.00. The molecule has 8 rings (SSSR count). The molecule has 0 bridgehead atoms. The van der Waals surface area contributed by atoms with Gasteiger partial charge in [-0.1, -0.05) is 121 Å². The Morgan fingerprint density at radius 3 is 1.64 bits per heavy atom. The van der Waals surface area contributed by atoms with E-state index in [0.717, 1.165) is 39.1 Å². The highest BCUT2D eigenvalue weighted by Gasteiger charge is 2.17. The summed E-state index contributed by atoms with van der Waals surface area (Å²) >= 11 is 0. The van der Waals surface area contributed by atoms with E-state index in [2.05, 4.69) is 102 Å². The van der Waals surface area contributed by atoms with E-state index in [-0.39, 0.29) is 0 Å². The third kappa shape index (κ3) is 4.45. The minimum atomic E-state index is 0.661. The summed E-state index contributed by atoms with van der Waals surface area (Å²) in [7, 11) is 0. The maximum Gasteiger partial charge on any atom is 0.164 e. The van der Waals surface area contributed by atoms with Crippen LogP contribution in [0.25, 0.3) is 72.8 Å². The molecule has 4 nitrogen and oxygen atoms in total. The zero-order valence-corrected chi connectivity index (χ0v) is 24.2. The van der Waals surface area contributed by atoms with Crippen LogP contribution in [0.5, 0.6) is 0 Å². The Morgan fingerprint density at radius 1 is 0.409 bits per heavy atom. The van der Waals surface area contributed by atoms with Crippen LogP contribution in [0.15, 0.2) is 152 Å². The molecule has 0 spiro atoms. The average molecular weight is 565 g/mol. The normalized spacial score (nSPS) is 11.3. The first-order valence-electron chi connectivity index (χ1n) is 14.8. The summed E-state index contributed by atoms with van der Waals surface area (Å²) in [5.41, 5.74) is 9.90. The molecule has 0 saturated heterocycles. The predicted molar refractivity (Wildman–Crippen MR) is 181 cm³/mol. The van der Waals surface area contributed by atoms with Gasteiger partial charge in [0.1, 0.15) is 0 Å². The van der Waals surface area contributed by atoms with Gasteiger partial charge >= 0.3 is 0 Å². The molecule has 44 heavy (non-hydrogen) atoms. The van der Waals surface area contributed by atoms with Crippen molar-refractivity contribution < 1.29 is 0 Å². The van der Waals surface area contributed by atoms with Crippen LogP contribution in [0, 0.1) is 6.92 Å². The topological polar surface area (TPSA) is 43.6 Å². The first-order chi connectivity index (χ1) is 21.7. The van der Waals surface area contributed by atoms with Crippen LogP contribution >= 0.6 is 0 Å². The van der Waals surface area contributed by atoms with Gasteiger partial charge in [0.15, 0.2) is 17.5 Å². The SMILES string of the molecule is Cc1c(-c2ccc3c(c2)c2ccccc2n3-c2ccccc2)cccc1-c1nc(-c2ccccc2)nc(-c2ccccc2)n1. The molecule has 6 aromatic carbocycles. The van der Waals surface area contributed by atoms with Gasteiger partial charge in [0.2, 0.25) is 0 Å². The highest BCUT2D eigenvalue weighted by atomic mass is 15.0. The van der Waals surface area contributed by atoms with Gasteiger partial charge in [0, 0.05) is 33.2 Å². The van der Waals surface area contributed by atoms with E-state index in [1.807, 2.05) is 60.7 Å². The highest BCUT2D eigenvalue weighted by Crippen LogP contribution is 2.37. The molecule has 208 valence electrons. The number of hydrogen-bond donors (Lipinski definition) is 0.